The average molecular weight is 628 g/mol. The fourth-order valence-electron chi connectivity index (χ4n) is 6.51. The standard InChI is InChI=1S/C32H33Cl2FN4O4/c1-31(2,3)15-24-32(19-10-9-17(33)14-22(19)38-30(32)42)26(18-6-5-7-20(34)27(18)35)28(39-24)29(41)37-21-11-8-16(13-25(36)40)12-23(21)43-4/h5-12,14,24,26,28,39H,13,15H2,1-4H3,(H2,36,40)(H,37,41)(H,38,42)/t24-,26-,28+,32+/m0/s1. The summed E-state index contributed by atoms with van der Waals surface area (Å²) in [4.78, 5) is 39.9. The second-order valence-corrected chi connectivity index (χ2v) is 13.1. The highest BCUT2D eigenvalue weighted by molar-refractivity contribution is 6.31. The van der Waals surface area contributed by atoms with Gasteiger partial charge >= 0.3 is 0 Å². The summed E-state index contributed by atoms with van der Waals surface area (Å²) < 4.78 is 21.4. The molecule has 8 nitrogen and oxygen atoms in total. The van der Waals surface area contributed by atoms with Crippen molar-refractivity contribution in [3.8, 4) is 5.75 Å². The molecule has 0 bridgehead atoms. The van der Waals surface area contributed by atoms with Crippen LogP contribution in [0.25, 0.3) is 0 Å². The Morgan fingerprint density at radius 3 is 2.53 bits per heavy atom. The monoisotopic (exact) mass is 626 g/mol. The maximum absolute atomic E-state index is 16.0. The van der Waals surface area contributed by atoms with Gasteiger partial charge in [-0.1, -0.05) is 68.2 Å². The molecule has 5 N–H and O–H groups in total. The summed E-state index contributed by atoms with van der Waals surface area (Å²) in [6.07, 6.45) is 0.483. The number of methoxy groups -OCH3 is 1. The Hall–Kier alpha value is -3.66. The van der Waals surface area contributed by atoms with Gasteiger partial charge in [0.05, 0.1) is 30.3 Å². The lowest BCUT2D eigenvalue weighted by Crippen LogP contribution is -2.49. The second-order valence-electron chi connectivity index (χ2n) is 12.3. The number of nitrogens with two attached hydrogens (primary N) is 1. The molecule has 11 heteroatoms. The fraction of sp³-hybridized carbons (Fsp3) is 0.344. The van der Waals surface area contributed by atoms with Gasteiger partial charge in [0.15, 0.2) is 0 Å². The summed E-state index contributed by atoms with van der Waals surface area (Å²) >= 11 is 12.6. The van der Waals surface area contributed by atoms with Gasteiger partial charge in [0.25, 0.3) is 0 Å². The number of ether oxygens (including phenoxy) is 1. The van der Waals surface area contributed by atoms with Gasteiger partial charge in [0.2, 0.25) is 17.7 Å². The minimum absolute atomic E-state index is 0.000421. The third-order valence-electron chi connectivity index (χ3n) is 8.12. The Morgan fingerprint density at radius 2 is 1.86 bits per heavy atom. The van der Waals surface area contributed by atoms with E-state index in [0.717, 1.165) is 0 Å². The van der Waals surface area contributed by atoms with Crippen molar-refractivity contribution >= 4 is 52.3 Å². The zero-order chi connectivity index (χ0) is 31.3. The summed E-state index contributed by atoms with van der Waals surface area (Å²) in [5.41, 5.74) is 5.91. The van der Waals surface area contributed by atoms with Crippen LogP contribution >= 0.6 is 23.2 Å². The molecule has 0 radical (unpaired) electrons. The van der Waals surface area contributed by atoms with E-state index >= 15 is 4.39 Å². The van der Waals surface area contributed by atoms with E-state index in [2.05, 4.69) is 16.0 Å². The lowest BCUT2D eigenvalue weighted by Gasteiger charge is -2.37. The highest BCUT2D eigenvalue weighted by Crippen LogP contribution is 2.57. The number of carbonyl (C=O) groups is 3. The SMILES string of the molecule is COc1cc(CC(N)=O)ccc1NC(=O)[C@@H]1N[C@@H](CC(C)(C)C)[C@@]2(C(=O)Nc3cc(Cl)ccc32)[C@H]1c1cccc(Cl)c1F. The molecule has 0 saturated carbocycles. The number of anilines is 2. The van der Waals surface area contributed by atoms with E-state index in [1.165, 1.54) is 13.2 Å². The molecule has 0 unspecified atom stereocenters. The van der Waals surface area contributed by atoms with Crippen LogP contribution in [0.1, 0.15) is 49.8 Å². The number of halogens is 3. The van der Waals surface area contributed by atoms with Gasteiger partial charge in [0, 0.05) is 22.7 Å². The van der Waals surface area contributed by atoms with Gasteiger partial charge in [-0.3, -0.25) is 14.4 Å². The predicted octanol–water partition coefficient (Wildman–Crippen LogP) is 5.56. The molecule has 4 atom stereocenters. The number of carbonyl (C=O) groups excluding carboxylic acids is 3. The van der Waals surface area contributed by atoms with Crippen molar-refractivity contribution in [3.05, 3.63) is 87.2 Å². The summed E-state index contributed by atoms with van der Waals surface area (Å²) in [6, 6.07) is 13.0. The number of benzene rings is 3. The van der Waals surface area contributed by atoms with E-state index in [9.17, 15) is 14.4 Å². The number of fused-ring (bicyclic) bond motifs is 2. The quantitative estimate of drug-likeness (QED) is 0.273. The van der Waals surface area contributed by atoms with Crippen molar-refractivity contribution in [2.75, 3.05) is 17.7 Å². The number of rotatable bonds is 7. The van der Waals surface area contributed by atoms with Crippen molar-refractivity contribution in [1.29, 1.82) is 0 Å². The van der Waals surface area contributed by atoms with Crippen LogP contribution in [-0.2, 0) is 26.2 Å². The molecule has 1 saturated heterocycles. The van der Waals surface area contributed by atoms with Crippen LogP contribution in [0.4, 0.5) is 15.8 Å². The van der Waals surface area contributed by atoms with Crippen molar-refractivity contribution in [1.82, 2.24) is 5.32 Å². The lowest BCUT2D eigenvalue weighted by molar-refractivity contribution is -0.122. The summed E-state index contributed by atoms with van der Waals surface area (Å²) in [5.74, 6) is -2.76. The van der Waals surface area contributed by atoms with Gasteiger partial charge in [-0.15, -0.1) is 0 Å². The summed E-state index contributed by atoms with van der Waals surface area (Å²) in [5, 5.41) is 9.62. The Balaban J connectivity index is 1.67. The van der Waals surface area contributed by atoms with E-state index in [1.54, 1.807) is 48.5 Å². The molecule has 1 fully saturated rings. The van der Waals surface area contributed by atoms with E-state index in [4.69, 9.17) is 33.7 Å². The van der Waals surface area contributed by atoms with E-state index in [0.29, 0.717) is 39.7 Å². The van der Waals surface area contributed by atoms with Crippen molar-refractivity contribution in [2.24, 2.45) is 11.1 Å². The second kappa shape index (κ2) is 11.4. The Morgan fingerprint density at radius 1 is 1.12 bits per heavy atom. The molecule has 3 aromatic carbocycles. The number of hydrogen-bond acceptors (Lipinski definition) is 5. The molecule has 1 spiro atoms. The van der Waals surface area contributed by atoms with Crippen LogP contribution in [0.15, 0.2) is 54.6 Å². The zero-order valence-electron chi connectivity index (χ0n) is 24.2. The maximum atomic E-state index is 16.0. The smallest absolute Gasteiger partial charge is 0.242 e. The van der Waals surface area contributed by atoms with Crippen LogP contribution in [-0.4, -0.2) is 36.9 Å². The number of nitrogens with one attached hydrogen (secondary N) is 3. The first kappa shape index (κ1) is 30.8. The van der Waals surface area contributed by atoms with Crippen molar-refractivity contribution in [2.45, 2.75) is 57.0 Å². The molecule has 226 valence electrons. The number of hydrogen-bond donors (Lipinski definition) is 4. The molecule has 3 amide bonds. The van der Waals surface area contributed by atoms with Crippen molar-refractivity contribution in [3.63, 3.8) is 0 Å². The van der Waals surface area contributed by atoms with Crippen LogP contribution in [0.2, 0.25) is 10.0 Å². The van der Waals surface area contributed by atoms with Gasteiger partial charge in [-0.25, -0.2) is 4.39 Å². The lowest BCUT2D eigenvalue weighted by atomic mass is 9.62. The molecule has 2 heterocycles. The molecular formula is C32H33Cl2FN4O4. The molecule has 43 heavy (non-hydrogen) atoms. The highest BCUT2D eigenvalue weighted by Gasteiger charge is 2.66. The summed E-state index contributed by atoms with van der Waals surface area (Å²) in [6.45, 7) is 6.12. The Bertz CT molecular complexity index is 1630. The number of amides is 3. The van der Waals surface area contributed by atoms with Crippen LogP contribution in [0.5, 0.6) is 5.75 Å². The van der Waals surface area contributed by atoms with Crippen LogP contribution in [0.3, 0.4) is 0 Å². The van der Waals surface area contributed by atoms with Gasteiger partial charge in [-0.2, -0.15) is 0 Å². The Labute approximate surface area is 259 Å². The molecule has 3 aromatic rings. The molecule has 0 aromatic heterocycles. The first-order chi connectivity index (χ1) is 20.3. The van der Waals surface area contributed by atoms with E-state index < -0.39 is 41.0 Å². The van der Waals surface area contributed by atoms with Crippen LogP contribution in [0, 0.1) is 11.2 Å². The minimum atomic E-state index is -1.38. The largest absolute Gasteiger partial charge is 0.495 e. The fourth-order valence-corrected chi connectivity index (χ4v) is 6.87. The predicted molar refractivity (Wildman–Crippen MR) is 165 cm³/mol. The van der Waals surface area contributed by atoms with Crippen LogP contribution < -0.4 is 26.4 Å². The van der Waals surface area contributed by atoms with E-state index in [1.807, 2.05) is 20.8 Å². The molecule has 2 aliphatic rings. The highest BCUT2D eigenvalue weighted by atomic mass is 35.5. The first-order valence-electron chi connectivity index (χ1n) is 13.8. The normalized spacial score (nSPS) is 22.8. The molecule has 5 rings (SSSR count). The third-order valence-corrected chi connectivity index (χ3v) is 8.65. The van der Waals surface area contributed by atoms with Crippen molar-refractivity contribution < 1.29 is 23.5 Å². The first-order valence-corrected chi connectivity index (χ1v) is 14.6. The van der Waals surface area contributed by atoms with E-state index in [-0.39, 0.29) is 28.3 Å². The molecular weight excluding hydrogens is 594 g/mol. The topological polar surface area (TPSA) is 123 Å². The molecule has 2 aliphatic heterocycles. The minimum Gasteiger partial charge on any atom is -0.495 e. The average Bonchev–Trinajstić information content (AvgIpc) is 3.39. The van der Waals surface area contributed by atoms with Gasteiger partial charge < -0.3 is 26.4 Å². The zero-order valence-corrected chi connectivity index (χ0v) is 25.7. The van der Waals surface area contributed by atoms with Gasteiger partial charge in [-0.05, 0) is 58.9 Å². The number of primary amides is 1. The Kier molecular flexibility index (Phi) is 8.19. The third kappa shape index (κ3) is 5.57. The maximum Gasteiger partial charge on any atom is 0.242 e. The van der Waals surface area contributed by atoms with Gasteiger partial charge in [0.1, 0.15) is 17.0 Å². The molecule has 0 aliphatic carbocycles. The summed E-state index contributed by atoms with van der Waals surface area (Å²) in [7, 11) is 1.44.